The maximum absolute atomic E-state index is 12.0. The van der Waals surface area contributed by atoms with Crippen LogP contribution in [0.4, 0.5) is 17.3 Å². The van der Waals surface area contributed by atoms with Crippen LogP contribution in [-0.2, 0) is 0 Å². The number of benzene rings is 1. The zero-order valence-corrected chi connectivity index (χ0v) is 10.8. The molecule has 0 saturated heterocycles. The number of nitrogens with two attached hydrogens (primary N) is 2. The van der Waals surface area contributed by atoms with Crippen LogP contribution in [-0.4, -0.2) is 15.9 Å². The summed E-state index contributed by atoms with van der Waals surface area (Å²) in [5.41, 5.74) is 14.1. The van der Waals surface area contributed by atoms with Crippen molar-refractivity contribution < 1.29 is 4.79 Å². The van der Waals surface area contributed by atoms with Gasteiger partial charge in [0.25, 0.3) is 5.91 Å². The molecule has 6 heteroatoms. The third-order valence-corrected chi connectivity index (χ3v) is 2.45. The van der Waals surface area contributed by atoms with E-state index in [1.54, 1.807) is 18.2 Å². The molecule has 0 radical (unpaired) electrons. The Balaban J connectivity index is 2.25. The quantitative estimate of drug-likeness (QED) is 0.707. The average molecular weight is 257 g/mol. The standard InChI is InChI=1S/C13H15N5O/c1-7-3-8(2)17-13(16-7)18-12(19)9-4-10(14)6-11(15)5-9/h3-6H,14-15H2,1-2H3,(H,16,17,18,19). The molecule has 0 aliphatic rings. The molecule has 1 aromatic heterocycles. The highest BCUT2D eigenvalue weighted by atomic mass is 16.1. The van der Waals surface area contributed by atoms with Crippen LogP contribution in [0.1, 0.15) is 21.7 Å². The van der Waals surface area contributed by atoms with Gasteiger partial charge in [-0.15, -0.1) is 0 Å². The number of hydrogen-bond donors (Lipinski definition) is 3. The average Bonchev–Trinajstić information content (AvgIpc) is 2.25. The molecule has 1 amide bonds. The molecule has 2 aromatic rings. The summed E-state index contributed by atoms with van der Waals surface area (Å²) in [5.74, 6) is -0.0764. The van der Waals surface area contributed by atoms with Crippen molar-refractivity contribution in [2.75, 3.05) is 16.8 Å². The topological polar surface area (TPSA) is 107 Å². The summed E-state index contributed by atoms with van der Waals surface area (Å²) in [6.45, 7) is 3.67. The molecule has 6 nitrogen and oxygen atoms in total. The second-order valence-electron chi connectivity index (χ2n) is 4.32. The number of nitrogen functional groups attached to an aromatic ring is 2. The van der Waals surface area contributed by atoms with Crippen LogP contribution in [0.15, 0.2) is 24.3 Å². The number of amides is 1. The van der Waals surface area contributed by atoms with Gasteiger partial charge in [-0.1, -0.05) is 0 Å². The SMILES string of the molecule is Cc1cc(C)nc(NC(=O)c2cc(N)cc(N)c2)n1. The number of rotatable bonds is 2. The fraction of sp³-hybridized carbons (Fsp3) is 0.154. The Hall–Kier alpha value is -2.63. The van der Waals surface area contributed by atoms with E-state index in [1.807, 2.05) is 19.9 Å². The van der Waals surface area contributed by atoms with Gasteiger partial charge in [-0.2, -0.15) is 0 Å². The largest absolute Gasteiger partial charge is 0.399 e. The molecule has 1 heterocycles. The number of hydrogen-bond acceptors (Lipinski definition) is 5. The lowest BCUT2D eigenvalue weighted by Crippen LogP contribution is -2.15. The summed E-state index contributed by atoms with van der Waals surface area (Å²) in [5, 5.41) is 2.62. The van der Waals surface area contributed by atoms with Gasteiger partial charge >= 0.3 is 0 Å². The first-order chi connectivity index (χ1) is 8.94. The Morgan fingerprint density at radius 2 is 1.53 bits per heavy atom. The number of aryl methyl sites for hydroxylation is 2. The third-order valence-electron chi connectivity index (χ3n) is 2.45. The van der Waals surface area contributed by atoms with Gasteiger partial charge in [-0.25, -0.2) is 9.97 Å². The van der Waals surface area contributed by atoms with Crippen LogP contribution in [0.25, 0.3) is 0 Å². The van der Waals surface area contributed by atoms with E-state index >= 15 is 0 Å². The number of carbonyl (C=O) groups is 1. The summed E-state index contributed by atoms with van der Waals surface area (Å²) >= 11 is 0. The predicted molar refractivity (Wildman–Crippen MR) is 74.7 cm³/mol. The van der Waals surface area contributed by atoms with Crippen LogP contribution < -0.4 is 16.8 Å². The number of nitrogens with one attached hydrogen (secondary N) is 1. The first kappa shape index (κ1) is 12.8. The Kier molecular flexibility index (Phi) is 3.33. The molecule has 0 atom stereocenters. The van der Waals surface area contributed by atoms with E-state index in [4.69, 9.17) is 11.5 Å². The molecule has 19 heavy (non-hydrogen) atoms. The van der Waals surface area contributed by atoms with Crippen LogP contribution in [0, 0.1) is 13.8 Å². The molecule has 0 bridgehead atoms. The third kappa shape index (κ3) is 3.19. The number of anilines is 3. The van der Waals surface area contributed by atoms with Gasteiger partial charge in [0.2, 0.25) is 5.95 Å². The lowest BCUT2D eigenvalue weighted by molar-refractivity contribution is 0.102. The molecule has 0 aliphatic carbocycles. The minimum Gasteiger partial charge on any atom is -0.399 e. The minimum atomic E-state index is -0.344. The highest BCUT2D eigenvalue weighted by Gasteiger charge is 2.09. The van der Waals surface area contributed by atoms with E-state index in [-0.39, 0.29) is 11.9 Å². The van der Waals surface area contributed by atoms with Gasteiger partial charge in [0, 0.05) is 28.3 Å². The normalized spacial score (nSPS) is 10.2. The number of aromatic nitrogens is 2. The maximum Gasteiger partial charge on any atom is 0.258 e. The second-order valence-corrected chi connectivity index (χ2v) is 4.32. The van der Waals surface area contributed by atoms with Crippen LogP contribution >= 0.6 is 0 Å². The molecule has 0 fully saturated rings. The van der Waals surface area contributed by atoms with Gasteiger partial charge < -0.3 is 11.5 Å². The molecular weight excluding hydrogens is 242 g/mol. The molecule has 0 aliphatic heterocycles. The van der Waals surface area contributed by atoms with Crippen molar-refractivity contribution in [3.63, 3.8) is 0 Å². The molecule has 0 unspecified atom stereocenters. The van der Waals surface area contributed by atoms with Crippen LogP contribution in [0.2, 0.25) is 0 Å². The van der Waals surface area contributed by atoms with Crippen molar-refractivity contribution in [3.8, 4) is 0 Å². The van der Waals surface area contributed by atoms with Gasteiger partial charge in [0.15, 0.2) is 0 Å². The van der Waals surface area contributed by atoms with Gasteiger partial charge in [0.1, 0.15) is 0 Å². The van der Waals surface area contributed by atoms with E-state index < -0.39 is 0 Å². The Labute approximate surface area is 110 Å². The van der Waals surface area contributed by atoms with Crippen molar-refractivity contribution in [2.24, 2.45) is 0 Å². The van der Waals surface area contributed by atoms with Crippen molar-refractivity contribution in [3.05, 3.63) is 41.2 Å². The van der Waals surface area contributed by atoms with Crippen molar-refractivity contribution in [1.82, 2.24) is 9.97 Å². The fourth-order valence-electron chi connectivity index (χ4n) is 1.76. The lowest BCUT2D eigenvalue weighted by Gasteiger charge is -2.07. The molecule has 1 aromatic carbocycles. The fourth-order valence-corrected chi connectivity index (χ4v) is 1.76. The zero-order valence-electron chi connectivity index (χ0n) is 10.8. The van der Waals surface area contributed by atoms with Crippen molar-refractivity contribution >= 4 is 23.2 Å². The Bertz CT molecular complexity index is 598. The summed E-state index contributed by atoms with van der Waals surface area (Å²) in [6, 6.07) is 6.51. The van der Waals surface area contributed by atoms with E-state index in [0.29, 0.717) is 16.9 Å². The Morgan fingerprint density at radius 3 is 2.05 bits per heavy atom. The number of nitrogens with zero attached hydrogens (tertiary/aromatic N) is 2. The van der Waals surface area contributed by atoms with E-state index in [2.05, 4.69) is 15.3 Å². The molecule has 2 rings (SSSR count). The first-order valence-electron chi connectivity index (χ1n) is 5.74. The summed E-state index contributed by atoms with van der Waals surface area (Å²) < 4.78 is 0. The van der Waals surface area contributed by atoms with E-state index in [9.17, 15) is 4.79 Å². The highest BCUT2D eigenvalue weighted by Crippen LogP contribution is 2.15. The zero-order chi connectivity index (χ0) is 14.0. The molecular formula is C13H15N5O. The van der Waals surface area contributed by atoms with Crippen molar-refractivity contribution in [2.45, 2.75) is 13.8 Å². The monoisotopic (exact) mass is 257 g/mol. The molecule has 5 N–H and O–H groups in total. The molecule has 0 spiro atoms. The van der Waals surface area contributed by atoms with E-state index in [0.717, 1.165) is 11.4 Å². The van der Waals surface area contributed by atoms with Gasteiger partial charge in [0.05, 0.1) is 0 Å². The predicted octanol–water partition coefficient (Wildman–Crippen LogP) is 1.51. The summed E-state index contributed by atoms with van der Waals surface area (Å²) in [7, 11) is 0. The highest BCUT2D eigenvalue weighted by molar-refractivity contribution is 6.04. The van der Waals surface area contributed by atoms with Gasteiger partial charge in [-0.05, 0) is 38.1 Å². The minimum absolute atomic E-state index is 0.267. The first-order valence-corrected chi connectivity index (χ1v) is 5.74. The maximum atomic E-state index is 12.0. The van der Waals surface area contributed by atoms with E-state index in [1.165, 1.54) is 0 Å². The number of carbonyl (C=O) groups excluding carboxylic acids is 1. The smallest absolute Gasteiger partial charge is 0.258 e. The van der Waals surface area contributed by atoms with Gasteiger partial charge in [-0.3, -0.25) is 10.1 Å². The molecule has 98 valence electrons. The summed E-state index contributed by atoms with van der Waals surface area (Å²) in [6.07, 6.45) is 0. The van der Waals surface area contributed by atoms with Crippen LogP contribution in [0.5, 0.6) is 0 Å². The molecule has 0 saturated carbocycles. The second kappa shape index (κ2) is 4.93. The Morgan fingerprint density at radius 1 is 1.00 bits per heavy atom. The van der Waals surface area contributed by atoms with Crippen molar-refractivity contribution in [1.29, 1.82) is 0 Å². The summed E-state index contributed by atoms with van der Waals surface area (Å²) in [4.78, 5) is 20.3. The lowest BCUT2D eigenvalue weighted by atomic mass is 10.1. The van der Waals surface area contributed by atoms with Crippen LogP contribution in [0.3, 0.4) is 0 Å².